The molecule has 1 aromatic carbocycles. The lowest BCUT2D eigenvalue weighted by molar-refractivity contribution is -0.142. The van der Waals surface area contributed by atoms with Gasteiger partial charge in [-0.15, -0.1) is 0 Å². The lowest BCUT2D eigenvalue weighted by Crippen LogP contribution is -2.45. The van der Waals surface area contributed by atoms with Crippen molar-refractivity contribution in [1.82, 2.24) is 10.6 Å². The number of carboxylic acids is 1. The Balaban J connectivity index is 1.51. The van der Waals surface area contributed by atoms with Gasteiger partial charge in [0.05, 0.1) is 12.0 Å². The average molecular weight is 381 g/mol. The van der Waals surface area contributed by atoms with Crippen LogP contribution in [0.5, 0.6) is 0 Å². The van der Waals surface area contributed by atoms with E-state index in [0.717, 1.165) is 30.2 Å². The zero-order valence-electron chi connectivity index (χ0n) is 12.8. The zero-order valence-corrected chi connectivity index (χ0v) is 14.4. The molecule has 0 radical (unpaired) electrons. The molecule has 124 valence electrons. The van der Waals surface area contributed by atoms with Crippen LogP contribution in [0.4, 0.5) is 4.79 Å². The molecule has 5 nitrogen and oxygen atoms in total. The standard InChI is InChI=1S/C17H21BrN2O3/c18-12-4-7-14-11(9-12)3-8-15(14)20-17(23)19-13-5-1-10(2-6-13)16(21)22/h4,7,9-10,13,15H,1-3,5-6,8H2,(H,21,22)(H2,19,20,23). The van der Waals surface area contributed by atoms with Gasteiger partial charge in [-0.25, -0.2) is 4.79 Å². The van der Waals surface area contributed by atoms with Gasteiger partial charge < -0.3 is 15.7 Å². The fraction of sp³-hybridized carbons (Fsp3) is 0.529. The maximum atomic E-state index is 12.2. The number of benzene rings is 1. The van der Waals surface area contributed by atoms with Gasteiger partial charge in [-0.2, -0.15) is 0 Å². The summed E-state index contributed by atoms with van der Waals surface area (Å²) in [6, 6.07) is 6.18. The highest BCUT2D eigenvalue weighted by molar-refractivity contribution is 9.10. The molecule has 23 heavy (non-hydrogen) atoms. The Kier molecular flexibility index (Phi) is 4.90. The molecule has 0 spiro atoms. The van der Waals surface area contributed by atoms with Gasteiger partial charge in [0.1, 0.15) is 0 Å². The number of carboxylic acid groups (broad SMARTS) is 1. The first kappa shape index (κ1) is 16.3. The molecule has 3 rings (SSSR count). The van der Waals surface area contributed by atoms with Crippen molar-refractivity contribution in [2.45, 2.75) is 50.6 Å². The van der Waals surface area contributed by atoms with E-state index in [4.69, 9.17) is 5.11 Å². The zero-order chi connectivity index (χ0) is 16.4. The smallest absolute Gasteiger partial charge is 0.315 e. The van der Waals surface area contributed by atoms with E-state index in [1.165, 1.54) is 11.1 Å². The number of fused-ring (bicyclic) bond motifs is 1. The van der Waals surface area contributed by atoms with Crippen LogP contribution in [0.1, 0.15) is 49.3 Å². The monoisotopic (exact) mass is 380 g/mol. The second-order valence-corrected chi connectivity index (χ2v) is 7.35. The van der Waals surface area contributed by atoms with Gasteiger partial charge in [-0.3, -0.25) is 4.79 Å². The van der Waals surface area contributed by atoms with E-state index in [1.807, 2.05) is 6.07 Å². The second-order valence-electron chi connectivity index (χ2n) is 6.44. The van der Waals surface area contributed by atoms with E-state index in [0.29, 0.717) is 12.8 Å². The summed E-state index contributed by atoms with van der Waals surface area (Å²) >= 11 is 3.47. The normalized spacial score (nSPS) is 26.4. The molecule has 2 aliphatic carbocycles. The molecular formula is C17H21BrN2O3. The van der Waals surface area contributed by atoms with E-state index in [-0.39, 0.29) is 24.0 Å². The van der Waals surface area contributed by atoms with Crippen molar-refractivity contribution in [1.29, 1.82) is 0 Å². The minimum Gasteiger partial charge on any atom is -0.481 e. The van der Waals surface area contributed by atoms with Crippen LogP contribution in [0.15, 0.2) is 22.7 Å². The van der Waals surface area contributed by atoms with Gasteiger partial charge in [0.2, 0.25) is 0 Å². The number of carbonyl (C=O) groups excluding carboxylic acids is 1. The minimum atomic E-state index is -0.721. The maximum absolute atomic E-state index is 12.2. The molecule has 1 unspecified atom stereocenters. The molecule has 1 fully saturated rings. The van der Waals surface area contributed by atoms with Crippen molar-refractivity contribution >= 4 is 27.9 Å². The molecule has 6 heteroatoms. The Morgan fingerprint density at radius 1 is 1.09 bits per heavy atom. The third-order valence-electron chi connectivity index (χ3n) is 4.90. The SMILES string of the molecule is O=C(NC1CCC(C(=O)O)CC1)NC1CCc2cc(Br)ccc21. The highest BCUT2D eigenvalue weighted by Gasteiger charge is 2.28. The van der Waals surface area contributed by atoms with Crippen molar-refractivity contribution in [2.24, 2.45) is 5.92 Å². The van der Waals surface area contributed by atoms with Crippen molar-refractivity contribution < 1.29 is 14.7 Å². The van der Waals surface area contributed by atoms with Gasteiger partial charge in [-0.1, -0.05) is 22.0 Å². The number of hydrogen-bond donors (Lipinski definition) is 3. The molecule has 0 aromatic heterocycles. The largest absolute Gasteiger partial charge is 0.481 e. The molecule has 3 N–H and O–H groups in total. The molecule has 0 heterocycles. The Bertz CT molecular complexity index is 612. The van der Waals surface area contributed by atoms with Crippen molar-refractivity contribution in [3.8, 4) is 0 Å². The average Bonchev–Trinajstić information content (AvgIpc) is 2.89. The summed E-state index contributed by atoms with van der Waals surface area (Å²) in [6.45, 7) is 0. The van der Waals surface area contributed by atoms with Crippen molar-refractivity contribution in [2.75, 3.05) is 0 Å². The lowest BCUT2D eigenvalue weighted by atomic mass is 9.86. The number of nitrogens with one attached hydrogen (secondary N) is 2. The number of halogens is 1. The fourth-order valence-electron chi connectivity index (χ4n) is 3.61. The summed E-state index contributed by atoms with van der Waals surface area (Å²) in [7, 11) is 0. The summed E-state index contributed by atoms with van der Waals surface area (Å²) in [5, 5.41) is 15.1. The summed E-state index contributed by atoms with van der Waals surface area (Å²) in [5.41, 5.74) is 2.48. The van der Waals surface area contributed by atoms with Crippen LogP contribution in [-0.2, 0) is 11.2 Å². The van der Waals surface area contributed by atoms with E-state index in [1.54, 1.807) is 0 Å². The van der Waals surface area contributed by atoms with E-state index in [9.17, 15) is 9.59 Å². The molecule has 2 amide bonds. The van der Waals surface area contributed by atoms with Crippen LogP contribution in [0.25, 0.3) is 0 Å². The predicted molar refractivity (Wildman–Crippen MR) is 90.3 cm³/mol. The third kappa shape index (κ3) is 3.86. The second kappa shape index (κ2) is 6.91. The third-order valence-corrected chi connectivity index (χ3v) is 5.39. The van der Waals surface area contributed by atoms with Gasteiger partial charge >= 0.3 is 12.0 Å². The summed E-state index contributed by atoms with van der Waals surface area (Å²) in [6.07, 6.45) is 4.65. The number of aryl methyl sites for hydroxylation is 1. The van der Waals surface area contributed by atoms with Gasteiger partial charge in [0.15, 0.2) is 0 Å². The molecule has 0 bridgehead atoms. The molecular weight excluding hydrogens is 360 g/mol. The Morgan fingerprint density at radius 2 is 1.83 bits per heavy atom. The Hall–Kier alpha value is -1.56. The Morgan fingerprint density at radius 3 is 2.52 bits per heavy atom. The van der Waals surface area contributed by atoms with E-state index >= 15 is 0 Å². The number of rotatable bonds is 3. The van der Waals surface area contributed by atoms with Crippen molar-refractivity contribution in [3.63, 3.8) is 0 Å². The molecule has 1 saturated carbocycles. The lowest BCUT2D eigenvalue weighted by Gasteiger charge is -2.27. The minimum absolute atomic E-state index is 0.0634. The highest BCUT2D eigenvalue weighted by Crippen LogP contribution is 2.33. The summed E-state index contributed by atoms with van der Waals surface area (Å²) < 4.78 is 1.07. The Labute approximate surface area is 144 Å². The van der Waals surface area contributed by atoms with E-state index in [2.05, 4.69) is 38.7 Å². The number of aliphatic carboxylic acids is 1. The molecule has 1 atom stereocenters. The van der Waals surface area contributed by atoms with Gasteiger partial charge in [0, 0.05) is 10.5 Å². The topological polar surface area (TPSA) is 78.4 Å². The number of hydrogen-bond acceptors (Lipinski definition) is 2. The molecule has 0 aliphatic heterocycles. The van der Waals surface area contributed by atoms with Crippen LogP contribution in [0.3, 0.4) is 0 Å². The first-order valence-electron chi connectivity index (χ1n) is 8.11. The highest BCUT2D eigenvalue weighted by atomic mass is 79.9. The van der Waals surface area contributed by atoms with Crippen LogP contribution in [0, 0.1) is 5.92 Å². The molecule has 0 saturated heterocycles. The summed E-state index contributed by atoms with van der Waals surface area (Å²) in [4.78, 5) is 23.2. The maximum Gasteiger partial charge on any atom is 0.315 e. The number of urea groups is 1. The van der Waals surface area contributed by atoms with Crippen LogP contribution in [-0.4, -0.2) is 23.1 Å². The van der Waals surface area contributed by atoms with Crippen LogP contribution in [0.2, 0.25) is 0 Å². The first-order chi connectivity index (χ1) is 11.0. The number of amides is 2. The van der Waals surface area contributed by atoms with E-state index < -0.39 is 5.97 Å². The van der Waals surface area contributed by atoms with Gasteiger partial charge in [0.25, 0.3) is 0 Å². The molecule has 2 aliphatic rings. The van der Waals surface area contributed by atoms with Gasteiger partial charge in [-0.05, 0) is 61.8 Å². The van der Waals surface area contributed by atoms with Crippen molar-refractivity contribution in [3.05, 3.63) is 33.8 Å². The molecule has 1 aromatic rings. The fourth-order valence-corrected chi connectivity index (χ4v) is 4.01. The van der Waals surface area contributed by atoms with Crippen LogP contribution >= 0.6 is 15.9 Å². The summed E-state index contributed by atoms with van der Waals surface area (Å²) in [5.74, 6) is -0.974. The quantitative estimate of drug-likeness (QED) is 0.751. The number of carbonyl (C=O) groups is 2. The van der Waals surface area contributed by atoms with Crippen LogP contribution < -0.4 is 10.6 Å². The predicted octanol–water partition coefficient (Wildman–Crippen LogP) is 3.38. The first-order valence-corrected chi connectivity index (χ1v) is 8.90.